The Morgan fingerprint density at radius 1 is 0.853 bits per heavy atom. The molecule has 1 saturated heterocycles. The molecule has 0 spiro atoms. The molecule has 1 heterocycles. The summed E-state index contributed by atoms with van der Waals surface area (Å²) in [5.41, 5.74) is 0. The van der Waals surface area contributed by atoms with Crippen molar-refractivity contribution in [3.63, 3.8) is 0 Å². The fraction of sp³-hybridized carbons (Fsp3) is 0.818. The first-order valence-electron chi connectivity index (χ1n) is 11.2. The highest BCUT2D eigenvalue weighted by molar-refractivity contribution is 5.68. The lowest BCUT2D eigenvalue weighted by atomic mass is 9.98. The summed E-state index contributed by atoms with van der Waals surface area (Å²) in [6.07, 6.45) is -4.52. The summed E-state index contributed by atoms with van der Waals surface area (Å²) in [6, 6.07) is 0. The van der Waals surface area contributed by atoms with Crippen LogP contribution in [0.2, 0.25) is 0 Å². The van der Waals surface area contributed by atoms with Crippen LogP contribution in [0.1, 0.15) is 60.3 Å². The van der Waals surface area contributed by atoms with Gasteiger partial charge in [0.1, 0.15) is 19.4 Å². The molecule has 34 heavy (non-hydrogen) atoms. The molecular formula is C22H35FO11. The second-order valence-corrected chi connectivity index (χ2v) is 7.69. The minimum atomic E-state index is -1.37. The van der Waals surface area contributed by atoms with Crippen LogP contribution < -0.4 is 0 Å². The van der Waals surface area contributed by atoms with Crippen LogP contribution in [0.25, 0.3) is 0 Å². The van der Waals surface area contributed by atoms with E-state index in [9.17, 15) is 23.6 Å². The fourth-order valence-electron chi connectivity index (χ4n) is 3.38. The Bertz CT molecular complexity index is 671. The second-order valence-electron chi connectivity index (χ2n) is 7.69. The van der Waals surface area contributed by atoms with Crippen LogP contribution in [0.4, 0.5) is 4.39 Å². The van der Waals surface area contributed by atoms with Gasteiger partial charge in [0.05, 0.1) is 6.61 Å². The van der Waals surface area contributed by atoms with Crippen LogP contribution in [0.15, 0.2) is 0 Å². The molecule has 1 aliphatic heterocycles. The highest BCUT2D eigenvalue weighted by atomic mass is 19.1. The summed E-state index contributed by atoms with van der Waals surface area (Å²) in [5.74, 6) is -2.85. The molecule has 6 atom stereocenters. The molecule has 0 aromatic rings. The van der Waals surface area contributed by atoms with Crippen molar-refractivity contribution in [2.75, 3.05) is 19.9 Å². The summed E-state index contributed by atoms with van der Waals surface area (Å²) in [4.78, 5) is 46.8. The van der Waals surface area contributed by atoms with Crippen molar-refractivity contribution >= 4 is 23.9 Å². The zero-order valence-electron chi connectivity index (χ0n) is 20.3. The molecule has 1 rings (SSSR count). The maximum atomic E-state index is 12.7. The number of rotatable bonds is 14. The van der Waals surface area contributed by atoms with E-state index in [2.05, 4.69) is 0 Å². The zero-order chi connectivity index (χ0) is 25.7. The summed E-state index contributed by atoms with van der Waals surface area (Å²) < 4.78 is 51.0. The van der Waals surface area contributed by atoms with Gasteiger partial charge < -0.3 is 33.2 Å². The molecule has 0 unspecified atom stereocenters. The van der Waals surface area contributed by atoms with Crippen LogP contribution in [-0.4, -0.2) is 80.8 Å². The van der Waals surface area contributed by atoms with E-state index in [1.165, 1.54) is 6.92 Å². The maximum Gasteiger partial charge on any atom is 0.303 e. The molecule has 0 amide bonds. The highest BCUT2D eigenvalue weighted by Gasteiger charge is 2.53. The van der Waals surface area contributed by atoms with Gasteiger partial charge in [0.15, 0.2) is 24.6 Å². The predicted molar refractivity (Wildman–Crippen MR) is 113 cm³/mol. The van der Waals surface area contributed by atoms with Gasteiger partial charge in [0.25, 0.3) is 0 Å². The number of esters is 4. The van der Waals surface area contributed by atoms with Crippen molar-refractivity contribution in [3.05, 3.63) is 0 Å². The quantitative estimate of drug-likeness (QED) is 0.152. The average molecular weight is 495 g/mol. The van der Waals surface area contributed by atoms with E-state index in [0.717, 1.165) is 33.6 Å². The van der Waals surface area contributed by atoms with Gasteiger partial charge in [-0.2, -0.15) is 0 Å². The molecule has 0 aromatic carbocycles. The number of carbonyl (C=O) groups excluding carboxylic acids is 4. The Hall–Kier alpha value is -2.31. The summed E-state index contributed by atoms with van der Waals surface area (Å²) >= 11 is 0. The lowest BCUT2D eigenvalue weighted by Gasteiger charge is -2.44. The monoisotopic (exact) mass is 494 g/mol. The molecule has 0 aromatic heterocycles. The Morgan fingerprint density at radius 2 is 1.44 bits per heavy atom. The number of ether oxygens (including phenoxy) is 7. The van der Waals surface area contributed by atoms with Crippen molar-refractivity contribution in [2.45, 2.75) is 97.3 Å². The summed E-state index contributed by atoms with van der Waals surface area (Å²) in [7, 11) is 0. The SMILES string of the molecule is CCCCC[C@H](OCCF)O[C@@H]1O[C@H](COC(C)=O)[C@@H](OC(C)=O)[C@H](OC(C)=O)[C@H]1OC(C)=O. The van der Waals surface area contributed by atoms with Crippen LogP contribution >= 0.6 is 0 Å². The largest absolute Gasteiger partial charge is 0.463 e. The van der Waals surface area contributed by atoms with E-state index in [1.807, 2.05) is 6.92 Å². The fourth-order valence-corrected chi connectivity index (χ4v) is 3.38. The van der Waals surface area contributed by atoms with E-state index in [4.69, 9.17) is 33.2 Å². The molecule has 11 nitrogen and oxygen atoms in total. The molecule has 1 aliphatic rings. The molecule has 196 valence electrons. The van der Waals surface area contributed by atoms with E-state index < -0.39 is 67.5 Å². The highest BCUT2D eigenvalue weighted by Crippen LogP contribution is 2.31. The molecule has 0 radical (unpaired) electrons. The smallest absolute Gasteiger partial charge is 0.303 e. The molecular weight excluding hydrogens is 459 g/mol. The molecule has 0 aliphatic carbocycles. The number of unbranched alkanes of at least 4 members (excludes halogenated alkanes) is 2. The number of carbonyl (C=O) groups is 4. The third-order valence-electron chi connectivity index (χ3n) is 4.66. The van der Waals surface area contributed by atoms with E-state index >= 15 is 0 Å². The Labute approximate surface area is 198 Å². The van der Waals surface area contributed by atoms with Crippen molar-refractivity contribution in [1.82, 2.24) is 0 Å². The first-order valence-corrected chi connectivity index (χ1v) is 11.2. The van der Waals surface area contributed by atoms with Crippen molar-refractivity contribution < 1.29 is 56.7 Å². The Balaban J connectivity index is 3.30. The third kappa shape index (κ3) is 10.7. The molecule has 0 N–H and O–H groups in total. The number of alkyl halides is 1. The van der Waals surface area contributed by atoms with Crippen LogP contribution in [0, 0.1) is 0 Å². The van der Waals surface area contributed by atoms with Gasteiger partial charge in [-0.05, 0) is 12.8 Å². The Kier molecular flexibility index (Phi) is 13.6. The molecule has 1 fully saturated rings. The van der Waals surface area contributed by atoms with Crippen LogP contribution in [0.5, 0.6) is 0 Å². The summed E-state index contributed by atoms with van der Waals surface area (Å²) in [6.45, 7) is 5.23. The maximum absolute atomic E-state index is 12.7. The topological polar surface area (TPSA) is 133 Å². The number of hydrogen-bond donors (Lipinski definition) is 0. The van der Waals surface area contributed by atoms with Gasteiger partial charge in [-0.15, -0.1) is 0 Å². The molecule has 0 bridgehead atoms. The molecule has 0 saturated carbocycles. The standard InChI is InChI=1S/C22H35FO11/c1-6-7-8-9-18(28-11-10-23)34-22-21(32-16(5)27)20(31-15(4)26)19(30-14(3)25)17(33-22)12-29-13(2)24/h17-22H,6-12H2,1-5H3/t17-,18-,19-,20+,21-,22+/m1/s1. The van der Waals surface area contributed by atoms with E-state index in [-0.39, 0.29) is 13.2 Å². The zero-order valence-corrected chi connectivity index (χ0v) is 20.3. The van der Waals surface area contributed by atoms with Crippen molar-refractivity contribution in [3.8, 4) is 0 Å². The van der Waals surface area contributed by atoms with Gasteiger partial charge in [0.2, 0.25) is 6.29 Å². The van der Waals surface area contributed by atoms with Gasteiger partial charge >= 0.3 is 23.9 Å². The van der Waals surface area contributed by atoms with Gasteiger partial charge in [-0.1, -0.05) is 19.8 Å². The van der Waals surface area contributed by atoms with Gasteiger partial charge in [-0.25, -0.2) is 4.39 Å². The lowest BCUT2D eigenvalue weighted by molar-refractivity contribution is -0.340. The van der Waals surface area contributed by atoms with Crippen molar-refractivity contribution in [2.24, 2.45) is 0 Å². The molecule has 12 heteroatoms. The van der Waals surface area contributed by atoms with Crippen LogP contribution in [-0.2, 0) is 52.3 Å². The average Bonchev–Trinajstić information content (AvgIpc) is 2.73. The van der Waals surface area contributed by atoms with E-state index in [1.54, 1.807) is 0 Å². The lowest BCUT2D eigenvalue weighted by Crippen LogP contribution is -2.63. The first-order chi connectivity index (χ1) is 16.1. The predicted octanol–water partition coefficient (Wildman–Crippen LogP) is 1.98. The number of hydrogen-bond acceptors (Lipinski definition) is 11. The van der Waals surface area contributed by atoms with Crippen molar-refractivity contribution in [1.29, 1.82) is 0 Å². The van der Waals surface area contributed by atoms with Gasteiger partial charge in [0, 0.05) is 27.7 Å². The van der Waals surface area contributed by atoms with Crippen LogP contribution in [0.3, 0.4) is 0 Å². The normalized spacial score (nSPS) is 25.2. The Morgan fingerprint density at radius 3 is 1.97 bits per heavy atom. The first kappa shape index (κ1) is 29.7. The minimum Gasteiger partial charge on any atom is -0.463 e. The third-order valence-corrected chi connectivity index (χ3v) is 4.66. The summed E-state index contributed by atoms with van der Waals surface area (Å²) in [5, 5.41) is 0. The number of halogens is 1. The van der Waals surface area contributed by atoms with E-state index in [0.29, 0.717) is 12.8 Å². The van der Waals surface area contributed by atoms with Gasteiger partial charge in [-0.3, -0.25) is 19.2 Å². The second kappa shape index (κ2) is 15.6. The minimum absolute atomic E-state index is 0.234.